The van der Waals surface area contributed by atoms with Crippen molar-refractivity contribution in [3.63, 3.8) is 0 Å². The number of hydrogen-bond donors (Lipinski definition) is 1. The number of carbonyl (C=O) groups excluding carboxylic acids is 1. The number of allylic oxidation sites excluding steroid dienone is 2. The van der Waals surface area contributed by atoms with Crippen LogP contribution >= 0.6 is 11.3 Å². The number of pyridine rings is 1. The quantitative estimate of drug-likeness (QED) is 0.118. The van der Waals surface area contributed by atoms with Gasteiger partial charge >= 0.3 is 0 Å². The van der Waals surface area contributed by atoms with Crippen LogP contribution in [0.25, 0.3) is 22.0 Å². The number of carbonyl (C=O) groups is 1. The van der Waals surface area contributed by atoms with E-state index in [1.54, 1.807) is 24.6 Å². The molecule has 1 aliphatic heterocycles. The molecule has 7 aromatic rings. The van der Waals surface area contributed by atoms with Gasteiger partial charge < -0.3 is 24.6 Å². The molecule has 2 unspecified atom stereocenters. The minimum Gasteiger partial charge on any atom is -0.382 e. The van der Waals surface area contributed by atoms with Crippen molar-refractivity contribution in [3.05, 3.63) is 173 Å². The first kappa shape index (κ1) is 39.8. The van der Waals surface area contributed by atoms with Crippen LogP contribution in [0.1, 0.15) is 37.5 Å². The summed E-state index contributed by atoms with van der Waals surface area (Å²) in [5.74, 6) is -0.512. The van der Waals surface area contributed by atoms with E-state index < -0.39 is 0 Å². The van der Waals surface area contributed by atoms with E-state index in [9.17, 15) is 4.79 Å². The number of nitrogens with zero attached hydrogens (tertiary/aromatic N) is 3. The van der Waals surface area contributed by atoms with Gasteiger partial charge in [0.15, 0.2) is 0 Å². The van der Waals surface area contributed by atoms with Gasteiger partial charge in [0.25, 0.3) is 0 Å². The predicted molar refractivity (Wildman–Crippen MR) is 245 cm³/mol. The lowest BCUT2D eigenvalue weighted by Crippen LogP contribution is -2.29. The van der Waals surface area contributed by atoms with Gasteiger partial charge in [-0.3, -0.25) is 9.78 Å². The van der Waals surface area contributed by atoms with Gasteiger partial charge in [0.05, 0.1) is 53.5 Å². The van der Waals surface area contributed by atoms with Crippen LogP contribution in [0, 0.1) is 12.8 Å². The largest absolute Gasteiger partial charge is 0.382 e. The van der Waals surface area contributed by atoms with Gasteiger partial charge in [0.2, 0.25) is 5.91 Å². The lowest BCUT2D eigenvalue weighted by Gasteiger charge is -2.34. The highest BCUT2D eigenvalue weighted by molar-refractivity contribution is 7.14. The maximum atomic E-state index is 13.4. The van der Waals surface area contributed by atoms with Gasteiger partial charge in [-0.15, -0.1) is 11.3 Å². The van der Waals surface area contributed by atoms with E-state index in [2.05, 4.69) is 157 Å². The van der Waals surface area contributed by atoms with E-state index in [1.807, 2.05) is 25.1 Å². The van der Waals surface area contributed by atoms with Crippen LogP contribution in [-0.4, -0.2) is 37.3 Å². The molecule has 1 aliphatic rings. The highest BCUT2D eigenvalue weighted by atomic mass is 32.1. The third-order valence-corrected chi connectivity index (χ3v) is 12.0. The molecule has 8 heteroatoms. The van der Waals surface area contributed by atoms with E-state index in [0.29, 0.717) is 18.7 Å². The minimum atomic E-state index is -0.388. The van der Waals surface area contributed by atoms with E-state index in [0.717, 1.165) is 56.1 Å². The number of nitrogens with one attached hydrogen (secondary N) is 1. The van der Waals surface area contributed by atoms with Crippen molar-refractivity contribution in [1.29, 1.82) is 0 Å². The molecule has 0 bridgehead atoms. The van der Waals surface area contributed by atoms with Crippen LogP contribution < -0.4 is 15.1 Å². The molecule has 2 aromatic heterocycles. The van der Waals surface area contributed by atoms with Crippen LogP contribution in [0.2, 0.25) is 0 Å². The first-order chi connectivity index (χ1) is 28.8. The summed E-state index contributed by atoms with van der Waals surface area (Å²) in [6, 6.07) is 46.7. The van der Waals surface area contributed by atoms with Crippen LogP contribution in [0.4, 0.5) is 33.4 Å². The Bertz CT molecular complexity index is 2590. The highest BCUT2D eigenvalue weighted by Gasteiger charge is 2.25. The number of fused-ring (bicyclic) bond motifs is 2. The molecule has 0 radical (unpaired) electrons. The number of ether oxygens (including phenoxy) is 2. The molecule has 0 saturated carbocycles. The molecule has 59 heavy (non-hydrogen) atoms. The molecule has 0 fully saturated rings. The summed E-state index contributed by atoms with van der Waals surface area (Å²) < 4.78 is 11.9. The molecule has 5 aromatic carbocycles. The second kappa shape index (κ2) is 17.8. The number of hydrogen-bond acceptors (Lipinski definition) is 7. The molecule has 1 amide bonds. The SMILES string of the molecule is COCC(Cc1ccc(N(c2ccccc2)c2cccs2)c(C)c1)OCC(C)C(=O)Nc1ccc(-c2ccc(N3C(C)=C(C)Cc4ccccc43)c3ccccc23)nc1. The van der Waals surface area contributed by atoms with Gasteiger partial charge in [-0.2, -0.15) is 0 Å². The Balaban J connectivity index is 0.920. The third kappa shape index (κ3) is 8.57. The number of benzene rings is 5. The first-order valence-corrected chi connectivity index (χ1v) is 21.1. The minimum absolute atomic E-state index is 0.124. The number of amides is 1. The Kier molecular flexibility index (Phi) is 12.0. The van der Waals surface area contributed by atoms with Crippen molar-refractivity contribution < 1.29 is 14.3 Å². The first-order valence-electron chi connectivity index (χ1n) is 20.2. The zero-order valence-corrected chi connectivity index (χ0v) is 35.1. The Morgan fingerprint density at radius 1 is 0.831 bits per heavy atom. The fraction of sp³-hybridized carbons (Fsp3) is 0.216. The molecule has 298 valence electrons. The van der Waals surface area contributed by atoms with E-state index in [1.165, 1.54) is 28.1 Å². The third-order valence-electron chi connectivity index (χ3n) is 11.2. The van der Waals surface area contributed by atoms with Crippen LogP contribution in [0.5, 0.6) is 0 Å². The number of methoxy groups -OCH3 is 1. The van der Waals surface area contributed by atoms with Gasteiger partial charge in [-0.1, -0.05) is 85.8 Å². The predicted octanol–water partition coefficient (Wildman–Crippen LogP) is 12.6. The summed E-state index contributed by atoms with van der Waals surface area (Å²) in [5.41, 5.74) is 13.4. The number of para-hydroxylation sites is 2. The Labute approximate surface area is 351 Å². The second-order valence-electron chi connectivity index (χ2n) is 15.4. The van der Waals surface area contributed by atoms with Gasteiger partial charge in [-0.05, 0) is 115 Å². The van der Waals surface area contributed by atoms with Crippen molar-refractivity contribution in [2.24, 2.45) is 5.92 Å². The zero-order chi connectivity index (χ0) is 40.9. The van der Waals surface area contributed by atoms with Crippen LogP contribution in [-0.2, 0) is 27.1 Å². The van der Waals surface area contributed by atoms with E-state index in [-0.39, 0.29) is 24.5 Å². The summed E-state index contributed by atoms with van der Waals surface area (Å²) in [6.45, 7) is 9.14. The number of rotatable bonds is 14. The molecule has 0 saturated heterocycles. The van der Waals surface area contributed by atoms with E-state index >= 15 is 0 Å². The zero-order valence-electron chi connectivity index (χ0n) is 34.3. The lowest BCUT2D eigenvalue weighted by atomic mass is 9.94. The number of aromatic nitrogens is 1. The molecule has 7 nitrogen and oxygen atoms in total. The average molecular weight is 799 g/mol. The van der Waals surface area contributed by atoms with Crippen LogP contribution in [0.3, 0.4) is 0 Å². The molecular formula is C51H50N4O3S. The smallest absolute Gasteiger partial charge is 0.229 e. The monoisotopic (exact) mass is 798 g/mol. The molecular weight excluding hydrogens is 749 g/mol. The Hall–Kier alpha value is -6.06. The Morgan fingerprint density at radius 2 is 1.61 bits per heavy atom. The summed E-state index contributed by atoms with van der Waals surface area (Å²) in [6.07, 6.45) is 3.15. The van der Waals surface area contributed by atoms with Crippen LogP contribution in [0.15, 0.2) is 156 Å². The van der Waals surface area contributed by atoms with Crippen molar-refractivity contribution in [1.82, 2.24) is 4.98 Å². The summed E-state index contributed by atoms with van der Waals surface area (Å²) in [4.78, 5) is 22.9. The molecule has 1 N–H and O–H groups in total. The van der Waals surface area contributed by atoms with Crippen molar-refractivity contribution in [2.45, 2.75) is 46.6 Å². The lowest BCUT2D eigenvalue weighted by molar-refractivity contribution is -0.122. The standard InChI is InChI=1S/C51H50N4O3S/c1-34-29-39-14-9-12-19-48(39)54(37(34)4)49-26-23-44(43-17-10-11-18-45(43)49)46-24-22-40(31-52-46)53-51(56)36(3)32-58-42(33-57-5)30-38-21-25-47(35(2)28-38)55(50-20-13-27-59-50)41-15-7-6-8-16-41/h6-28,31,36,42H,29-30,32-33H2,1-5H3,(H,53,56). The maximum Gasteiger partial charge on any atom is 0.229 e. The van der Waals surface area contributed by atoms with Crippen molar-refractivity contribution >= 4 is 61.5 Å². The van der Waals surface area contributed by atoms with Gasteiger partial charge in [-0.25, -0.2) is 0 Å². The van der Waals surface area contributed by atoms with Crippen molar-refractivity contribution in [3.8, 4) is 11.3 Å². The van der Waals surface area contributed by atoms with E-state index in [4.69, 9.17) is 14.5 Å². The summed E-state index contributed by atoms with van der Waals surface area (Å²) in [7, 11) is 1.68. The Morgan fingerprint density at radius 3 is 2.36 bits per heavy atom. The summed E-state index contributed by atoms with van der Waals surface area (Å²) >= 11 is 1.72. The van der Waals surface area contributed by atoms with Gasteiger partial charge in [0, 0.05) is 47.2 Å². The fourth-order valence-corrected chi connectivity index (χ4v) is 8.76. The molecule has 3 heterocycles. The number of anilines is 6. The number of aryl methyl sites for hydroxylation is 1. The molecule has 0 aliphatic carbocycles. The van der Waals surface area contributed by atoms with Gasteiger partial charge in [0.1, 0.15) is 0 Å². The van der Waals surface area contributed by atoms with Crippen molar-refractivity contribution in [2.75, 3.05) is 35.4 Å². The second-order valence-corrected chi connectivity index (χ2v) is 16.3. The molecule has 2 atom stereocenters. The normalized spacial score (nSPS) is 13.6. The molecule has 8 rings (SSSR count). The summed E-state index contributed by atoms with van der Waals surface area (Å²) in [5, 5.41) is 8.60. The average Bonchev–Trinajstić information content (AvgIpc) is 3.79. The maximum absolute atomic E-state index is 13.4. The molecule has 0 spiro atoms. The number of thiophene rings is 1. The highest BCUT2D eigenvalue weighted by Crippen LogP contribution is 2.44. The fourth-order valence-electron chi connectivity index (χ4n) is 7.99. The topological polar surface area (TPSA) is 66.9 Å².